The summed E-state index contributed by atoms with van der Waals surface area (Å²) >= 11 is 0. The molecule has 0 aliphatic rings. The Morgan fingerprint density at radius 3 is 2.28 bits per heavy atom. The van der Waals surface area contributed by atoms with Crippen molar-refractivity contribution in [2.75, 3.05) is 24.3 Å². The molecule has 0 radical (unpaired) electrons. The number of hydrogen-bond acceptors (Lipinski definition) is 7. The Labute approximate surface area is 183 Å². The van der Waals surface area contributed by atoms with E-state index in [1.807, 2.05) is 52.3 Å². The Morgan fingerprint density at radius 2 is 1.72 bits per heavy atom. The van der Waals surface area contributed by atoms with Gasteiger partial charge in [0.15, 0.2) is 5.82 Å². The number of aryl methyl sites for hydroxylation is 1. The smallest absolute Gasteiger partial charge is 0.475 e. The molecule has 11 heteroatoms. The van der Waals surface area contributed by atoms with Crippen molar-refractivity contribution in [2.24, 2.45) is 0 Å². The van der Waals surface area contributed by atoms with Crippen LogP contribution in [0.3, 0.4) is 0 Å². The molecule has 0 aromatic carbocycles. The first-order chi connectivity index (χ1) is 15.0. The van der Waals surface area contributed by atoms with Gasteiger partial charge in [-0.25, -0.2) is 14.8 Å². The standard InChI is InChI=1S/C19H22N6.C2HF3O2/c1-13-14(2)23-19(15-5-8-20-9-6-15)24-18(13)22-12-16-11-17(25(3)4)7-10-21-16;3-2(4,5)1(6)7/h5-11H,12H2,1-4H3,(H,22,23,24);(H,6,7). The van der Waals surface area contributed by atoms with Gasteiger partial charge in [-0.3, -0.25) is 9.97 Å². The van der Waals surface area contributed by atoms with Gasteiger partial charge in [0.25, 0.3) is 0 Å². The number of nitrogens with one attached hydrogen (secondary N) is 1. The van der Waals surface area contributed by atoms with Crippen molar-refractivity contribution in [3.8, 4) is 11.4 Å². The summed E-state index contributed by atoms with van der Waals surface area (Å²) in [5.41, 5.74) is 5.04. The van der Waals surface area contributed by atoms with E-state index < -0.39 is 12.1 Å². The molecule has 0 unspecified atom stereocenters. The zero-order chi connectivity index (χ0) is 23.9. The van der Waals surface area contributed by atoms with Gasteiger partial charge in [0.05, 0.1) is 12.2 Å². The Balaban J connectivity index is 0.000000451. The number of aromatic nitrogens is 4. The maximum absolute atomic E-state index is 10.6. The monoisotopic (exact) mass is 448 g/mol. The maximum atomic E-state index is 10.6. The average molecular weight is 448 g/mol. The topological polar surface area (TPSA) is 104 Å². The third-order valence-electron chi connectivity index (χ3n) is 4.32. The second kappa shape index (κ2) is 10.5. The molecule has 32 heavy (non-hydrogen) atoms. The first kappa shape index (κ1) is 24.5. The van der Waals surface area contributed by atoms with Crippen molar-refractivity contribution >= 4 is 17.5 Å². The molecule has 170 valence electrons. The lowest BCUT2D eigenvalue weighted by atomic mass is 10.2. The van der Waals surface area contributed by atoms with Crippen LogP contribution < -0.4 is 10.2 Å². The van der Waals surface area contributed by atoms with Crippen LogP contribution >= 0.6 is 0 Å². The number of anilines is 2. The van der Waals surface area contributed by atoms with Crippen LogP contribution in [0.25, 0.3) is 11.4 Å². The van der Waals surface area contributed by atoms with Gasteiger partial charge in [0.1, 0.15) is 5.82 Å². The maximum Gasteiger partial charge on any atom is 0.490 e. The number of carbonyl (C=O) groups is 1. The number of carboxylic acid groups (broad SMARTS) is 1. The van der Waals surface area contributed by atoms with Crippen LogP contribution in [0, 0.1) is 13.8 Å². The highest BCUT2D eigenvalue weighted by Gasteiger charge is 2.38. The number of carboxylic acids is 1. The lowest BCUT2D eigenvalue weighted by Gasteiger charge is -2.15. The van der Waals surface area contributed by atoms with Gasteiger partial charge in [0, 0.05) is 55.2 Å². The lowest BCUT2D eigenvalue weighted by molar-refractivity contribution is -0.192. The summed E-state index contributed by atoms with van der Waals surface area (Å²) in [7, 11) is 4.04. The predicted octanol–water partition coefficient (Wildman–Crippen LogP) is 3.86. The summed E-state index contributed by atoms with van der Waals surface area (Å²) in [6, 6.07) is 7.89. The number of hydrogen-bond donors (Lipinski definition) is 2. The molecule has 0 aliphatic heterocycles. The van der Waals surface area contributed by atoms with E-state index in [1.165, 1.54) is 0 Å². The van der Waals surface area contributed by atoms with Crippen LogP contribution in [0.1, 0.15) is 17.0 Å². The first-order valence-electron chi connectivity index (χ1n) is 9.41. The number of pyridine rings is 2. The predicted molar refractivity (Wildman–Crippen MR) is 114 cm³/mol. The third-order valence-corrected chi connectivity index (χ3v) is 4.32. The molecule has 0 spiro atoms. The molecular formula is C21H23F3N6O2. The Morgan fingerprint density at radius 1 is 1.09 bits per heavy atom. The average Bonchev–Trinajstić information content (AvgIpc) is 2.75. The Hall–Kier alpha value is -3.76. The van der Waals surface area contributed by atoms with Crippen LogP contribution in [0.5, 0.6) is 0 Å². The zero-order valence-electron chi connectivity index (χ0n) is 18.0. The fourth-order valence-electron chi connectivity index (χ4n) is 2.45. The highest BCUT2D eigenvalue weighted by Crippen LogP contribution is 2.22. The summed E-state index contributed by atoms with van der Waals surface area (Å²) in [6.45, 7) is 4.63. The summed E-state index contributed by atoms with van der Waals surface area (Å²) in [5, 5.41) is 10.5. The molecule has 3 aromatic rings. The van der Waals surface area contributed by atoms with Crippen LogP contribution in [0.2, 0.25) is 0 Å². The van der Waals surface area contributed by atoms with Gasteiger partial charge in [-0.2, -0.15) is 13.2 Å². The molecule has 8 nitrogen and oxygen atoms in total. The molecule has 0 aliphatic carbocycles. The van der Waals surface area contributed by atoms with Crippen molar-refractivity contribution in [1.82, 2.24) is 19.9 Å². The van der Waals surface area contributed by atoms with Gasteiger partial charge >= 0.3 is 12.1 Å². The molecule has 3 aromatic heterocycles. The molecule has 0 saturated heterocycles. The number of halogens is 3. The molecule has 0 amide bonds. The normalized spacial score (nSPS) is 10.7. The number of rotatable bonds is 5. The second-order valence-electron chi connectivity index (χ2n) is 6.90. The van der Waals surface area contributed by atoms with E-state index in [4.69, 9.17) is 9.90 Å². The number of alkyl halides is 3. The van der Waals surface area contributed by atoms with E-state index in [2.05, 4.69) is 36.2 Å². The highest BCUT2D eigenvalue weighted by molar-refractivity contribution is 5.73. The molecule has 2 N–H and O–H groups in total. The fraction of sp³-hybridized carbons (Fsp3) is 0.286. The number of nitrogens with zero attached hydrogens (tertiary/aromatic N) is 5. The highest BCUT2D eigenvalue weighted by atomic mass is 19.4. The molecule has 3 heterocycles. The van der Waals surface area contributed by atoms with Crippen LogP contribution in [-0.4, -0.2) is 51.3 Å². The first-order valence-corrected chi connectivity index (χ1v) is 9.41. The quantitative estimate of drug-likeness (QED) is 0.606. The van der Waals surface area contributed by atoms with Gasteiger partial charge in [-0.05, 0) is 38.1 Å². The van der Waals surface area contributed by atoms with E-state index >= 15 is 0 Å². The Bertz CT molecular complexity index is 1060. The van der Waals surface area contributed by atoms with Gasteiger partial charge < -0.3 is 15.3 Å². The van der Waals surface area contributed by atoms with Gasteiger partial charge in [0.2, 0.25) is 0 Å². The van der Waals surface area contributed by atoms with Crippen LogP contribution in [0.15, 0.2) is 42.9 Å². The van der Waals surface area contributed by atoms with E-state index in [0.29, 0.717) is 12.4 Å². The second-order valence-corrected chi connectivity index (χ2v) is 6.90. The molecule has 3 rings (SSSR count). The van der Waals surface area contributed by atoms with E-state index in [9.17, 15) is 13.2 Å². The molecule has 0 bridgehead atoms. The van der Waals surface area contributed by atoms with E-state index in [-0.39, 0.29) is 0 Å². The molecule has 0 saturated carbocycles. The minimum atomic E-state index is -5.08. The van der Waals surface area contributed by atoms with Crippen LogP contribution in [-0.2, 0) is 11.3 Å². The number of aliphatic carboxylic acids is 1. The lowest BCUT2D eigenvalue weighted by Crippen LogP contribution is -2.21. The van der Waals surface area contributed by atoms with Crippen molar-refractivity contribution in [2.45, 2.75) is 26.6 Å². The SMILES string of the molecule is Cc1nc(-c2ccncc2)nc(NCc2cc(N(C)C)ccn2)c1C.O=C(O)C(F)(F)F. The van der Waals surface area contributed by atoms with E-state index in [1.54, 1.807) is 12.4 Å². The van der Waals surface area contributed by atoms with Crippen molar-refractivity contribution in [3.05, 3.63) is 59.8 Å². The summed E-state index contributed by atoms with van der Waals surface area (Å²) < 4.78 is 31.7. The fourth-order valence-corrected chi connectivity index (χ4v) is 2.45. The minimum absolute atomic E-state index is 0.606. The Kier molecular flexibility index (Phi) is 8.05. The molecular weight excluding hydrogens is 425 g/mol. The van der Waals surface area contributed by atoms with E-state index in [0.717, 1.165) is 34.0 Å². The summed E-state index contributed by atoms with van der Waals surface area (Å²) in [5.74, 6) is -1.23. The van der Waals surface area contributed by atoms with Gasteiger partial charge in [-0.15, -0.1) is 0 Å². The largest absolute Gasteiger partial charge is 0.490 e. The van der Waals surface area contributed by atoms with Gasteiger partial charge in [-0.1, -0.05) is 0 Å². The molecule has 0 atom stereocenters. The van der Waals surface area contributed by atoms with Crippen molar-refractivity contribution < 1.29 is 23.1 Å². The third kappa shape index (κ3) is 6.89. The van der Waals surface area contributed by atoms with Crippen molar-refractivity contribution in [3.63, 3.8) is 0 Å². The van der Waals surface area contributed by atoms with Crippen LogP contribution in [0.4, 0.5) is 24.7 Å². The molecule has 0 fully saturated rings. The minimum Gasteiger partial charge on any atom is -0.475 e. The summed E-state index contributed by atoms with van der Waals surface area (Å²) in [4.78, 5) is 28.7. The van der Waals surface area contributed by atoms with Crippen molar-refractivity contribution in [1.29, 1.82) is 0 Å². The zero-order valence-corrected chi connectivity index (χ0v) is 18.0. The summed E-state index contributed by atoms with van der Waals surface area (Å²) in [6.07, 6.45) is 0.238.